The van der Waals surface area contributed by atoms with Crippen LogP contribution in [0.5, 0.6) is 0 Å². The molecule has 0 saturated carbocycles. The molecule has 14 heavy (non-hydrogen) atoms. The Morgan fingerprint density at radius 2 is 2.21 bits per heavy atom. The molecule has 3 atom stereocenters. The molecule has 0 aliphatic carbocycles. The summed E-state index contributed by atoms with van der Waals surface area (Å²) in [5.74, 6) is -1.07. The molecule has 1 N–H and O–H groups in total. The minimum absolute atomic E-state index is 0.0548. The lowest BCUT2D eigenvalue weighted by atomic mass is 10.0. The van der Waals surface area contributed by atoms with Gasteiger partial charge in [-0.3, -0.25) is 9.69 Å². The van der Waals surface area contributed by atoms with Crippen LogP contribution >= 0.6 is 0 Å². The van der Waals surface area contributed by atoms with Gasteiger partial charge in [0.2, 0.25) is 0 Å². The largest absolute Gasteiger partial charge is 0.481 e. The van der Waals surface area contributed by atoms with Crippen molar-refractivity contribution in [1.82, 2.24) is 4.90 Å². The van der Waals surface area contributed by atoms with E-state index in [1.807, 2.05) is 14.0 Å². The van der Waals surface area contributed by atoms with Crippen LogP contribution in [0.4, 0.5) is 0 Å². The number of rotatable bonds is 4. The van der Waals surface area contributed by atoms with Gasteiger partial charge >= 0.3 is 5.97 Å². The van der Waals surface area contributed by atoms with Crippen LogP contribution in [0.1, 0.15) is 20.3 Å². The molecule has 1 fully saturated rings. The van der Waals surface area contributed by atoms with Gasteiger partial charge in [-0.2, -0.15) is 0 Å². The Morgan fingerprint density at radius 3 is 2.64 bits per heavy atom. The van der Waals surface area contributed by atoms with Crippen LogP contribution in [0.2, 0.25) is 0 Å². The van der Waals surface area contributed by atoms with Crippen LogP contribution in [0, 0.1) is 5.92 Å². The molecule has 4 nitrogen and oxygen atoms in total. The van der Waals surface area contributed by atoms with E-state index in [2.05, 4.69) is 4.90 Å². The highest BCUT2D eigenvalue weighted by Crippen LogP contribution is 2.17. The van der Waals surface area contributed by atoms with E-state index in [0.717, 1.165) is 19.6 Å². The van der Waals surface area contributed by atoms with Crippen LogP contribution in [-0.4, -0.2) is 48.3 Å². The van der Waals surface area contributed by atoms with Crippen LogP contribution in [0.25, 0.3) is 0 Å². The second-order valence-electron chi connectivity index (χ2n) is 4.05. The smallest absolute Gasteiger partial charge is 0.307 e. The Bertz CT molecular complexity index is 202. The summed E-state index contributed by atoms with van der Waals surface area (Å²) in [7, 11) is 1.98. The van der Waals surface area contributed by atoms with Crippen molar-refractivity contribution in [2.75, 3.05) is 20.3 Å². The number of aliphatic carboxylic acids is 1. The third-order valence-electron chi connectivity index (χ3n) is 3.24. The number of hydrogen-bond donors (Lipinski definition) is 1. The lowest BCUT2D eigenvalue weighted by Gasteiger charge is -2.31. The molecule has 0 amide bonds. The zero-order chi connectivity index (χ0) is 10.7. The molecule has 1 rings (SSSR count). The Labute approximate surface area is 84.8 Å². The quantitative estimate of drug-likeness (QED) is 0.731. The van der Waals surface area contributed by atoms with Crippen LogP contribution in [0.3, 0.4) is 0 Å². The summed E-state index contributed by atoms with van der Waals surface area (Å²) >= 11 is 0. The first kappa shape index (κ1) is 11.5. The van der Waals surface area contributed by atoms with E-state index >= 15 is 0 Å². The fourth-order valence-corrected chi connectivity index (χ4v) is 1.73. The number of nitrogens with zero attached hydrogens (tertiary/aromatic N) is 1. The number of hydrogen-bond acceptors (Lipinski definition) is 3. The van der Waals surface area contributed by atoms with Crippen molar-refractivity contribution in [2.24, 2.45) is 5.92 Å². The molecule has 1 heterocycles. The molecule has 0 aromatic rings. The Hall–Kier alpha value is -0.610. The summed E-state index contributed by atoms with van der Waals surface area (Å²) in [4.78, 5) is 12.9. The fraction of sp³-hybridized carbons (Fsp3) is 0.900. The Morgan fingerprint density at radius 1 is 1.57 bits per heavy atom. The topological polar surface area (TPSA) is 49.8 Å². The van der Waals surface area contributed by atoms with Crippen LogP contribution in [0.15, 0.2) is 0 Å². The number of ether oxygens (including phenoxy) is 1. The number of carboxylic acid groups (broad SMARTS) is 1. The van der Waals surface area contributed by atoms with E-state index in [1.54, 1.807) is 6.92 Å². The summed E-state index contributed by atoms with van der Waals surface area (Å²) in [5.41, 5.74) is 0. The second-order valence-corrected chi connectivity index (χ2v) is 4.05. The van der Waals surface area contributed by atoms with Crippen molar-refractivity contribution in [3.63, 3.8) is 0 Å². The average molecular weight is 201 g/mol. The first-order chi connectivity index (χ1) is 6.54. The van der Waals surface area contributed by atoms with Gasteiger partial charge < -0.3 is 9.84 Å². The fourth-order valence-electron chi connectivity index (χ4n) is 1.73. The normalized spacial score (nSPS) is 26.4. The molecule has 1 saturated heterocycles. The molecule has 0 spiro atoms. The number of likely N-dealkylation sites (N-methyl/N-ethyl adjacent to an activating group) is 1. The van der Waals surface area contributed by atoms with Crippen molar-refractivity contribution in [3.05, 3.63) is 0 Å². The van der Waals surface area contributed by atoms with Gasteiger partial charge in [-0.15, -0.1) is 0 Å². The molecule has 3 unspecified atom stereocenters. The SMILES string of the molecule is CC(C(=O)O)C(C)N(C)C1CCOC1. The van der Waals surface area contributed by atoms with E-state index in [4.69, 9.17) is 9.84 Å². The van der Waals surface area contributed by atoms with E-state index in [1.165, 1.54) is 0 Å². The zero-order valence-electron chi connectivity index (χ0n) is 9.06. The van der Waals surface area contributed by atoms with Crippen molar-refractivity contribution < 1.29 is 14.6 Å². The first-order valence-electron chi connectivity index (χ1n) is 5.06. The highest BCUT2D eigenvalue weighted by atomic mass is 16.5. The van der Waals surface area contributed by atoms with Crippen LogP contribution < -0.4 is 0 Å². The maximum Gasteiger partial charge on any atom is 0.307 e. The lowest BCUT2D eigenvalue weighted by Crippen LogP contribution is -2.44. The minimum Gasteiger partial charge on any atom is -0.481 e. The molecule has 0 aromatic carbocycles. The monoisotopic (exact) mass is 201 g/mol. The van der Waals surface area contributed by atoms with Crippen molar-refractivity contribution in [1.29, 1.82) is 0 Å². The molecular formula is C10H19NO3. The maximum absolute atomic E-state index is 10.8. The molecule has 0 aromatic heterocycles. The van der Waals surface area contributed by atoms with Gasteiger partial charge in [-0.05, 0) is 20.4 Å². The molecule has 0 radical (unpaired) electrons. The third-order valence-corrected chi connectivity index (χ3v) is 3.24. The van der Waals surface area contributed by atoms with Gasteiger partial charge in [0.05, 0.1) is 12.5 Å². The molecular weight excluding hydrogens is 182 g/mol. The standard InChI is InChI=1S/C10H19NO3/c1-7(10(12)13)8(2)11(3)9-4-5-14-6-9/h7-9H,4-6H2,1-3H3,(H,12,13). The summed E-state index contributed by atoms with van der Waals surface area (Å²) in [6.45, 7) is 5.23. The van der Waals surface area contributed by atoms with Crippen molar-refractivity contribution >= 4 is 5.97 Å². The van der Waals surface area contributed by atoms with E-state index < -0.39 is 5.97 Å². The number of carbonyl (C=O) groups is 1. The highest BCUT2D eigenvalue weighted by molar-refractivity contribution is 5.70. The predicted octanol–water partition coefficient (Wildman–Crippen LogP) is 0.816. The first-order valence-corrected chi connectivity index (χ1v) is 5.06. The van der Waals surface area contributed by atoms with Gasteiger partial charge in [0.1, 0.15) is 0 Å². The summed E-state index contributed by atoms with van der Waals surface area (Å²) in [6.07, 6.45) is 1.01. The predicted molar refractivity (Wildman–Crippen MR) is 53.2 cm³/mol. The van der Waals surface area contributed by atoms with E-state index in [-0.39, 0.29) is 12.0 Å². The Kier molecular flexibility index (Phi) is 3.89. The van der Waals surface area contributed by atoms with Gasteiger partial charge in [0.25, 0.3) is 0 Å². The highest BCUT2D eigenvalue weighted by Gasteiger charge is 2.29. The zero-order valence-corrected chi connectivity index (χ0v) is 9.06. The average Bonchev–Trinajstić information content (AvgIpc) is 2.67. The summed E-state index contributed by atoms with van der Waals surface area (Å²) in [5, 5.41) is 8.89. The second kappa shape index (κ2) is 4.75. The summed E-state index contributed by atoms with van der Waals surface area (Å²) < 4.78 is 5.28. The Balaban J connectivity index is 2.49. The molecule has 1 aliphatic rings. The van der Waals surface area contributed by atoms with Crippen molar-refractivity contribution in [3.8, 4) is 0 Å². The molecule has 82 valence electrons. The van der Waals surface area contributed by atoms with Gasteiger partial charge in [0.15, 0.2) is 0 Å². The van der Waals surface area contributed by atoms with Gasteiger partial charge in [-0.25, -0.2) is 0 Å². The molecule has 1 aliphatic heterocycles. The molecule has 4 heteroatoms. The van der Waals surface area contributed by atoms with E-state index in [0.29, 0.717) is 6.04 Å². The maximum atomic E-state index is 10.8. The van der Waals surface area contributed by atoms with Crippen LogP contribution in [-0.2, 0) is 9.53 Å². The van der Waals surface area contributed by atoms with Gasteiger partial charge in [-0.1, -0.05) is 6.92 Å². The lowest BCUT2D eigenvalue weighted by molar-refractivity contribution is -0.143. The van der Waals surface area contributed by atoms with Crippen molar-refractivity contribution in [2.45, 2.75) is 32.4 Å². The minimum atomic E-state index is -0.733. The summed E-state index contributed by atoms with van der Waals surface area (Å²) in [6, 6.07) is 0.436. The van der Waals surface area contributed by atoms with Gasteiger partial charge in [0, 0.05) is 18.7 Å². The molecule has 0 bridgehead atoms. The van der Waals surface area contributed by atoms with E-state index in [9.17, 15) is 4.79 Å². The third kappa shape index (κ3) is 2.45. The number of carboxylic acids is 1.